The van der Waals surface area contributed by atoms with E-state index in [4.69, 9.17) is 23.1 Å². The first kappa shape index (κ1) is 11.9. The van der Waals surface area contributed by atoms with Gasteiger partial charge in [0, 0.05) is 6.20 Å². The fourth-order valence-electron chi connectivity index (χ4n) is 1.44. The molecule has 2 aromatic rings. The summed E-state index contributed by atoms with van der Waals surface area (Å²) in [7, 11) is 0. The van der Waals surface area contributed by atoms with E-state index in [1.807, 2.05) is 0 Å². The summed E-state index contributed by atoms with van der Waals surface area (Å²) in [5.74, 6) is -0.295. The van der Waals surface area contributed by atoms with Crippen molar-refractivity contribution < 1.29 is 4.79 Å². The standard InChI is InChI=1S/C10H8BrClN4O/c11-5-4-16(15-9(5)13)7-3-1-2-6(12)8(7)10(14)17/h1-4H,(H2,13,15)(H2,14,17). The third-order valence-electron chi connectivity index (χ3n) is 2.18. The molecule has 0 spiro atoms. The van der Waals surface area contributed by atoms with Crippen LogP contribution in [0.2, 0.25) is 5.02 Å². The lowest BCUT2D eigenvalue weighted by Gasteiger charge is -2.07. The maximum absolute atomic E-state index is 11.4. The van der Waals surface area contributed by atoms with Gasteiger partial charge in [0.1, 0.15) is 0 Å². The zero-order chi connectivity index (χ0) is 12.6. The van der Waals surface area contributed by atoms with Crippen LogP contribution in [0.15, 0.2) is 28.9 Å². The zero-order valence-corrected chi connectivity index (χ0v) is 10.9. The van der Waals surface area contributed by atoms with Gasteiger partial charge in [0.15, 0.2) is 5.82 Å². The van der Waals surface area contributed by atoms with Crippen molar-refractivity contribution in [2.45, 2.75) is 0 Å². The Hall–Kier alpha value is -1.53. The summed E-state index contributed by atoms with van der Waals surface area (Å²) >= 11 is 9.17. The van der Waals surface area contributed by atoms with Gasteiger partial charge in [-0.15, -0.1) is 5.10 Å². The Morgan fingerprint density at radius 3 is 2.71 bits per heavy atom. The number of nitrogens with two attached hydrogens (primary N) is 2. The molecule has 2 rings (SSSR count). The van der Waals surface area contributed by atoms with Crippen LogP contribution in [0.4, 0.5) is 5.82 Å². The molecule has 0 saturated heterocycles. The first-order valence-corrected chi connectivity index (χ1v) is 5.77. The number of aromatic nitrogens is 2. The maximum Gasteiger partial charge on any atom is 0.252 e. The molecule has 0 aliphatic heterocycles. The monoisotopic (exact) mass is 314 g/mol. The fourth-order valence-corrected chi connectivity index (χ4v) is 1.97. The van der Waals surface area contributed by atoms with E-state index in [1.54, 1.807) is 24.4 Å². The molecule has 0 bridgehead atoms. The molecule has 1 aromatic heterocycles. The quantitative estimate of drug-likeness (QED) is 0.888. The minimum absolute atomic E-state index is 0.212. The lowest BCUT2D eigenvalue weighted by Crippen LogP contribution is -2.15. The van der Waals surface area contributed by atoms with Gasteiger partial charge in [0.2, 0.25) is 0 Å². The molecule has 0 atom stereocenters. The molecule has 1 amide bonds. The first-order chi connectivity index (χ1) is 8.00. The minimum atomic E-state index is -0.615. The van der Waals surface area contributed by atoms with Crippen LogP contribution >= 0.6 is 27.5 Å². The molecule has 1 aromatic carbocycles. The smallest absolute Gasteiger partial charge is 0.252 e. The molecule has 0 unspecified atom stereocenters. The number of halogens is 2. The second-order valence-corrected chi connectivity index (χ2v) is 4.57. The number of rotatable bonds is 2. The van der Waals surface area contributed by atoms with Gasteiger partial charge in [-0.2, -0.15) is 0 Å². The Morgan fingerprint density at radius 2 is 2.18 bits per heavy atom. The average molecular weight is 316 g/mol. The molecule has 5 nitrogen and oxygen atoms in total. The van der Waals surface area contributed by atoms with Gasteiger partial charge in [0.25, 0.3) is 5.91 Å². The summed E-state index contributed by atoms with van der Waals surface area (Å²) in [6, 6.07) is 4.98. The zero-order valence-electron chi connectivity index (χ0n) is 8.52. The summed E-state index contributed by atoms with van der Waals surface area (Å²) in [5.41, 5.74) is 11.6. The van der Waals surface area contributed by atoms with Gasteiger partial charge in [-0.05, 0) is 28.1 Å². The van der Waals surface area contributed by atoms with Gasteiger partial charge in [-0.3, -0.25) is 4.79 Å². The van der Waals surface area contributed by atoms with Crippen molar-refractivity contribution in [2.24, 2.45) is 5.73 Å². The number of amides is 1. The second kappa shape index (κ2) is 4.38. The number of benzene rings is 1. The van der Waals surface area contributed by atoms with Crippen molar-refractivity contribution in [3.05, 3.63) is 39.5 Å². The van der Waals surface area contributed by atoms with Gasteiger partial charge in [-0.1, -0.05) is 17.7 Å². The van der Waals surface area contributed by atoms with E-state index < -0.39 is 5.91 Å². The van der Waals surface area contributed by atoms with Crippen LogP contribution in [0.1, 0.15) is 10.4 Å². The summed E-state index contributed by atoms with van der Waals surface area (Å²) in [6.45, 7) is 0. The predicted molar refractivity (Wildman–Crippen MR) is 69.2 cm³/mol. The normalized spacial score (nSPS) is 10.5. The second-order valence-electron chi connectivity index (χ2n) is 3.31. The highest BCUT2D eigenvalue weighted by atomic mass is 79.9. The minimum Gasteiger partial charge on any atom is -0.381 e. The molecule has 17 heavy (non-hydrogen) atoms. The highest BCUT2D eigenvalue weighted by Gasteiger charge is 2.15. The van der Waals surface area contributed by atoms with Crippen molar-refractivity contribution in [3.8, 4) is 5.69 Å². The van der Waals surface area contributed by atoms with Crippen molar-refractivity contribution in [3.63, 3.8) is 0 Å². The first-order valence-electron chi connectivity index (χ1n) is 4.60. The van der Waals surface area contributed by atoms with E-state index in [2.05, 4.69) is 21.0 Å². The Bertz CT molecular complexity index is 576. The summed E-state index contributed by atoms with van der Waals surface area (Å²) in [5, 5.41) is 4.32. The molecule has 0 aliphatic carbocycles. The Balaban J connectivity index is 2.67. The number of anilines is 1. The summed E-state index contributed by atoms with van der Waals surface area (Å²) < 4.78 is 2.08. The fraction of sp³-hybridized carbons (Fsp3) is 0. The number of hydrogen-bond acceptors (Lipinski definition) is 3. The maximum atomic E-state index is 11.4. The largest absolute Gasteiger partial charge is 0.381 e. The third-order valence-corrected chi connectivity index (χ3v) is 3.11. The number of carbonyl (C=O) groups excluding carboxylic acids is 1. The SMILES string of the molecule is NC(=O)c1c(Cl)cccc1-n1cc(Br)c(N)n1. The van der Waals surface area contributed by atoms with E-state index >= 15 is 0 Å². The van der Waals surface area contributed by atoms with Crippen molar-refractivity contribution >= 4 is 39.3 Å². The van der Waals surface area contributed by atoms with Crippen LogP contribution in [0, 0.1) is 0 Å². The van der Waals surface area contributed by atoms with Crippen LogP contribution < -0.4 is 11.5 Å². The molecule has 0 radical (unpaired) electrons. The van der Waals surface area contributed by atoms with E-state index in [1.165, 1.54) is 4.68 Å². The topological polar surface area (TPSA) is 86.9 Å². The number of carbonyl (C=O) groups is 1. The molecule has 88 valence electrons. The number of nitrogen functional groups attached to an aromatic ring is 1. The molecule has 1 heterocycles. The van der Waals surface area contributed by atoms with Gasteiger partial charge in [0.05, 0.1) is 20.7 Å². The van der Waals surface area contributed by atoms with Crippen LogP contribution in [-0.2, 0) is 0 Å². The molecule has 0 saturated carbocycles. The van der Waals surface area contributed by atoms with Crippen LogP contribution in [0.25, 0.3) is 5.69 Å². The van der Waals surface area contributed by atoms with Gasteiger partial charge in [-0.25, -0.2) is 4.68 Å². The van der Waals surface area contributed by atoms with Crippen molar-refractivity contribution in [1.29, 1.82) is 0 Å². The molecule has 7 heteroatoms. The highest BCUT2D eigenvalue weighted by molar-refractivity contribution is 9.10. The van der Waals surface area contributed by atoms with Crippen molar-refractivity contribution in [1.82, 2.24) is 9.78 Å². The number of nitrogens with zero attached hydrogens (tertiary/aromatic N) is 2. The Kier molecular flexibility index (Phi) is 3.08. The lowest BCUT2D eigenvalue weighted by atomic mass is 10.1. The van der Waals surface area contributed by atoms with E-state index in [9.17, 15) is 4.79 Å². The molecule has 0 aliphatic rings. The van der Waals surface area contributed by atoms with Crippen LogP contribution in [0.5, 0.6) is 0 Å². The predicted octanol–water partition coefficient (Wildman–Crippen LogP) is 1.97. The van der Waals surface area contributed by atoms with Gasteiger partial charge >= 0.3 is 0 Å². The number of hydrogen-bond donors (Lipinski definition) is 2. The molecule has 0 fully saturated rings. The Labute approximate surface area is 110 Å². The average Bonchev–Trinajstić information content (AvgIpc) is 2.58. The lowest BCUT2D eigenvalue weighted by molar-refractivity contribution is 0.100. The van der Waals surface area contributed by atoms with E-state index in [0.717, 1.165) is 0 Å². The molecular weight excluding hydrogens is 307 g/mol. The molecular formula is C10H8BrClN4O. The highest BCUT2D eigenvalue weighted by Crippen LogP contribution is 2.25. The van der Waals surface area contributed by atoms with Crippen LogP contribution in [-0.4, -0.2) is 15.7 Å². The van der Waals surface area contributed by atoms with E-state index in [0.29, 0.717) is 16.0 Å². The van der Waals surface area contributed by atoms with Crippen molar-refractivity contribution in [2.75, 3.05) is 5.73 Å². The van der Waals surface area contributed by atoms with Crippen LogP contribution in [0.3, 0.4) is 0 Å². The van der Waals surface area contributed by atoms with Gasteiger partial charge < -0.3 is 11.5 Å². The third kappa shape index (κ3) is 2.13. The summed E-state index contributed by atoms with van der Waals surface area (Å²) in [6.07, 6.45) is 1.63. The Morgan fingerprint density at radius 1 is 1.47 bits per heavy atom. The summed E-state index contributed by atoms with van der Waals surface area (Å²) in [4.78, 5) is 11.4. The number of primary amides is 1. The van der Waals surface area contributed by atoms with E-state index in [-0.39, 0.29) is 10.6 Å². The molecule has 4 N–H and O–H groups in total.